The zero-order valence-electron chi connectivity index (χ0n) is 21.0. The molecule has 0 amide bonds. The Morgan fingerprint density at radius 1 is 0.943 bits per heavy atom. The van der Waals surface area contributed by atoms with Crippen molar-refractivity contribution in [2.45, 2.75) is 96.8 Å². The minimum absolute atomic E-state index is 0.0215. The van der Waals surface area contributed by atoms with Gasteiger partial charge in [0.05, 0.1) is 12.1 Å². The highest BCUT2D eigenvalue weighted by Crippen LogP contribution is 2.69. The molecule has 5 rings (SSSR count). The van der Waals surface area contributed by atoms with E-state index in [4.69, 9.17) is 13.7 Å². The lowest BCUT2D eigenvalue weighted by Gasteiger charge is -2.68. The molecule has 35 heavy (non-hydrogen) atoms. The van der Waals surface area contributed by atoms with Gasteiger partial charge in [0.1, 0.15) is 18.0 Å². The van der Waals surface area contributed by atoms with Crippen LogP contribution in [0.1, 0.15) is 79.1 Å². The molecule has 1 heterocycles. The molecule has 9 nitrogen and oxygen atoms in total. The zero-order chi connectivity index (χ0) is 25.4. The van der Waals surface area contributed by atoms with E-state index in [-0.39, 0.29) is 42.0 Å². The molecule has 0 aromatic rings. The van der Waals surface area contributed by atoms with Gasteiger partial charge in [-0.25, -0.2) is 0 Å². The van der Waals surface area contributed by atoms with Gasteiger partial charge < -0.3 is 9.47 Å². The highest BCUT2D eigenvalue weighted by molar-refractivity contribution is 7.84. The number of carbonyl (C=O) groups is 3. The van der Waals surface area contributed by atoms with Gasteiger partial charge in [-0.05, 0) is 75.0 Å². The number of nitrogens with one attached hydrogen (secondary N) is 1. The number of rotatable bonds is 3. The molecule has 4 aliphatic carbocycles. The van der Waals surface area contributed by atoms with E-state index in [0.717, 1.165) is 25.7 Å². The Hall–Kier alpha value is -1.52. The van der Waals surface area contributed by atoms with Gasteiger partial charge in [0.15, 0.2) is 0 Å². The zero-order valence-corrected chi connectivity index (χ0v) is 21.8. The Morgan fingerprint density at radius 3 is 2.31 bits per heavy atom. The van der Waals surface area contributed by atoms with Crippen LogP contribution >= 0.6 is 0 Å². The second-order valence-electron chi connectivity index (χ2n) is 11.9. The lowest BCUT2D eigenvalue weighted by Crippen LogP contribution is -2.79. The summed E-state index contributed by atoms with van der Waals surface area (Å²) in [6, 6.07) is 0. The summed E-state index contributed by atoms with van der Waals surface area (Å²) < 4.78 is 45.4. The molecule has 0 aromatic carbocycles. The SMILES string of the molecule is CC(=O)O[C@H]1CC[C@@]23COS(=O)(=O)N[C@@]2(C1)[C@@H](OC(C)=O)C[C@H]1[C@@H]2CC[C@H](C(C)=O)[C@@]2(C)CC[C@@H]13. The van der Waals surface area contributed by atoms with Crippen molar-refractivity contribution in [3.63, 3.8) is 0 Å². The van der Waals surface area contributed by atoms with Crippen LogP contribution in [0.4, 0.5) is 0 Å². The molecule has 1 aliphatic heterocycles. The lowest BCUT2D eigenvalue weighted by atomic mass is 9.41. The number of hydrogen-bond donors (Lipinski definition) is 1. The fraction of sp³-hybridized carbons (Fsp3) is 0.880. The molecule has 0 unspecified atom stereocenters. The lowest BCUT2D eigenvalue weighted by molar-refractivity contribution is -0.227. The van der Waals surface area contributed by atoms with Crippen LogP contribution in [0, 0.1) is 34.5 Å². The smallest absolute Gasteiger partial charge is 0.336 e. The van der Waals surface area contributed by atoms with Crippen LogP contribution in [-0.2, 0) is 38.3 Å². The summed E-state index contributed by atoms with van der Waals surface area (Å²) in [6.07, 6.45) is 4.36. The summed E-state index contributed by atoms with van der Waals surface area (Å²) in [6.45, 7) is 6.65. The number of fused-ring (bicyclic) bond motifs is 3. The summed E-state index contributed by atoms with van der Waals surface area (Å²) in [7, 11) is -4.07. The van der Waals surface area contributed by atoms with Crippen LogP contribution in [0.2, 0.25) is 0 Å². The Labute approximate surface area is 207 Å². The van der Waals surface area contributed by atoms with Crippen LogP contribution < -0.4 is 4.72 Å². The molecule has 1 N–H and O–H groups in total. The molecule has 0 radical (unpaired) electrons. The van der Waals surface area contributed by atoms with E-state index in [1.807, 2.05) is 0 Å². The first-order valence-electron chi connectivity index (χ1n) is 12.9. The van der Waals surface area contributed by atoms with Crippen molar-refractivity contribution in [1.29, 1.82) is 0 Å². The van der Waals surface area contributed by atoms with Gasteiger partial charge in [0.2, 0.25) is 0 Å². The third-order valence-corrected chi connectivity index (χ3v) is 11.5. The van der Waals surface area contributed by atoms with Gasteiger partial charge >= 0.3 is 22.2 Å². The monoisotopic (exact) mass is 511 g/mol. The fourth-order valence-electron chi connectivity index (χ4n) is 9.33. The Morgan fingerprint density at radius 2 is 1.66 bits per heavy atom. The van der Waals surface area contributed by atoms with Crippen molar-refractivity contribution < 1.29 is 36.5 Å². The first-order valence-corrected chi connectivity index (χ1v) is 14.3. The van der Waals surface area contributed by atoms with Crippen molar-refractivity contribution in [2.75, 3.05) is 6.61 Å². The Balaban J connectivity index is 1.61. The minimum atomic E-state index is -4.07. The van der Waals surface area contributed by atoms with Gasteiger partial charge in [-0.3, -0.25) is 18.6 Å². The van der Waals surface area contributed by atoms with Crippen LogP contribution in [0.3, 0.4) is 0 Å². The summed E-state index contributed by atoms with van der Waals surface area (Å²) in [4.78, 5) is 36.6. The molecule has 0 aromatic heterocycles. The number of ketones is 1. The molecule has 0 spiro atoms. The second kappa shape index (κ2) is 8.25. The van der Waals surface area contributed by atoms with E-state index in [0.29, 0.717) is 25.2 Å². The van der Waals surface area contributed by atoms with Crippen molar-refractivity contribution in [3.05, 3.63) is 0 Å². The van der Waals surface area contributed by atoms with Gasteiger partial charge in [-0.1, -0.05) is 6.92 Å². The van der Waals surface area contributed by atoms with Gasteiger partial charge in [-0.2, -0.15) is 13.1 Å². The number of Topliss-reactive ketones (excluding diaryl/α,β-unsaturated/α-hetero) is 1. The molecule has 1 saturated heterocycles. The molecular formula is C25H37NO8S. The topological polar surface area (TPSA) is 125 Å². The number of hydrogen-bond acceptors (Lipinski definition) is 8. The van der Waals surface area contributed by atoms with E-state index >= 15 is 0 Å². The predicted octanol–water partition coefficient (Wildman–Crippen LogP) is 2.67. The van der Waals surface area contributed by atoms with Crippen molar-refractivity contribution >= 4 is 28.0 Å². The third-order valence-electron chi connectivity index (χ3n) is 10.4. The molecule has 9 atom stereocenters. The van der Waals surface area contributed by atoms with E-state index in [2.05, 4.69) is 11.6 Å². The average Bonchev–Trinajstić information content (AvgIpc) is 3.09. The Kier molecular flexibility index (Phi) is 5.92. The summed E-state index contributed by atoms with van der Waals surface area (Å²) in [5, 5.41) is 0. The van der Waals surface area contributed by atoms with Crippen molar-refractivity contribution in [1.82, 2.24) is 4.72 Å². The number of ether oxygens (including phenoxy) is 2. The first kappa shape index (κ1) is 25.1. The highest BCUT2D eigenvalue weighted by Gasteiger charge is 2.73. The summed E-state index contributed by atoms with van der Waals surface area (Å²) in [5.74, 6) is 0.0242. The van der Waals surface area contributed by atoms with Gasteiger partial charge in [-0.15, -0.1) is 0 Å². The number of carbonyl (C=O) groups excluding carboxylic acids is 3. The van der Waals surface area contributed by atoms with E-state index in [1.165, 1.54) is 13.8 Å². The maximum absolute atomic E-state index is 12.8. The molecule has 4 saturated carbocycles. The first-order chi connectivity index (χ1) is 16.3. The fourth-order valence-corrected chi connectivity index (χ4v) is 10.6. The highest BCUT2D eigenvalue weighted by atomic mass is 32.2. The van der Waals surface area contributed by atoms with Crippen LogP contribution in [0.25, 0.3) is 0 Å². The molecule has 196 valence electrons. The average molecular weight is 512 g/mol. The largest absolute Gasteiger partial charge is 0.462 e. The predicted molar refractivity (Wildman–Crippen MR) is 124 cm³/mol. The molecule has 10 heteroatoms. The minimum Gasteiger partial charge on any atom is -0.462 e. The van der Waals surface area contributed by atoms with E-state index in [1.54, 1.807) is 6.92 Å². The maximum Gasteiger partial charge on any atom is 0.336 e. The maximum atomic E-state index is 12.8. The third kappa shape index (κ3) is 3.69. The van der Waals surface area contributed by atoms with E-state index in [9.17, 15) is 22.8 Å². The van der Waals surface area contributed by atoms with Crippen LogP contribution in [0.5, 0.6) is 0 Å². The summed E-state index contributed by atoms with van der Waals surface area (Å²) in [5.41, 5.74) is -1.80. The van der Waals surface area contributed by atoms with Gasteiger partial charge in [0.25, 0.3) is 0 Å². The summed E-state index contributed by atoms with van der Waals surface area (Å²) >= 11 is 0. The standard InChI is InChI=1S/C25H37NO8S/c1-14(27)19-5-6-20-18-11-22(34-16(3)29)25-12-17(33-15(2)28)7-10-24(25,13-32-35(30,31)26-25)21(18)8-9-23(19,20)4/h17-22,26H,5-13H2,1-4H3/t17-,18-,19+,20-,21-,22-,23+,24-,25-/m0/s1. The van der Waals surface area contributed by atoms with Gasteiger partial charge in [0, 0.05) is 31.6 Å². The van der Waals surface area contributed by atoms with Crippen molar-refractivity contribution in [3.8, 4) is 0 Å². The molecular weight excluding hydrogens is 474 g/mol. The number of esters is 2. The second-order valence-corrected chi connectivity index (χ2v) is 13.3. The normalized spacial score (nSPS) is 47.9. The molecule has 5 fully saturated rings. The van der Waals surface area contributed by atoms with Crippen LogP contribution in [0.15, 0.2) is 0 Å². The molecule has 0 bridgehead atoms. The van der Waals surface area contributed by atoms with E-state index < -0.39 is 45.4 Å². The van der Waals surface area contributed by atoms with Crippen LogP contribution in [-0.4, -0.2) is 50.5 Å². The molecule has 5 aliphatic rings. The van der Waals surface area contributed by atoms with Crippen molar-refractivity contribution in [2.24, 2.45) is 34.5 Å². The quantitative estimate of drug-likeness (QED) is 0.574. The Bertz CT molecular complexity index is 1040.